The molecule has 2 heterocycles. The summed E-state index contributed by atoms with van der Waals surface area (Å²) in [5.41, 5.74) is 0.272. The first-order chi connectivity index (χ1) is 6.74. The average Bonchev–Trinajstić information content (AvgIpc) is 2.17. The van der Waals surface area contributed by atoms with Crippen molar-refractivity contribution in [3.63, 3.8) is 0 Å². The molecule has 2 unspecified atom stereocenters. The van der Waals surface area contributed by atoms with Crippen molar-refractivity contribution in [2.45, 2.75) is 58.2 Å². The van der Waals surface area contributed by atoms with E-state index < -0.39 is 0 Å². The van der Waals surface area contributed by atoms with Crippen molar-refractivity contribution >= 4 is 0 Å². The molecule has 0 aliphatic carbocycles. The fourth-order valence-electron chi connectivity index (χ4n) is 2.57. The van der Waals surface area contributed by atoms with Gasteiger partial charge in [-0.3, -0.25) is 0 Å². The van der Waals surface area contributed by atoms with Gasteiger partial charge in [0.2, 0.25) is 0 Å². The van der Waals surface area contributed by atoms with Crippen LogP contribution in [0.4, 0.5) is 0 Å². The number of piperidine rings is 1. The smallest absolute Gasteiger partial charge is 0.0837 e. The van der Waals surface area contributed by atoms with Crippen LogP contribution in [-0.4, -0.2) is 36.7 Å². The zero-order valence-corrected chi connectivity index (χ0v) is 10.2. The summed E-state index contributed by atoms with van der Waals surface area (Å²) < 4.78 is 5.95. The summed E-state index contributed by atoms with van der Waals surface area (Å²) in [5, 5.41) is 0. The van der Waals surface area contributed by atoms with Crippen molar-refractivity contribution in [2.24, 2.45) is 0 Å². The standard InChI is InChI=1S/C10H19NO.C2H6/c1-3-9-7-10(12-9)5-4-6-11(2)8-10;1-2/h9H,3-8H2,1-2H3;1-2H3. The molecule has 2 rings (SSSR count). The summed E-state index contributed by atoms with van der Waals surface area (Å²) >= 11 is 0. The predicted molar refractivity (Wildman–Crippen MR) is 60.6 cm³/mol. The molecule has 0 bridgehead atoms. The molecule has 2 atom stereocenters. The highest BCUT2D eigenvalue weighted by atomic mass is 16.5. The monoisotopic (exact) mass is 199 g/mol. The molecule has 0 aromatic heterocycles. The van der Waals surface area contributed by atoms with Crippen molar-refractivity contribution in [2.75, 3.05) is 20.1 Å². The second-order valence-corrected chi connectivity index (χ2v) is 4.38. The number of rotatable bonds is 1. The molecule has 0 aromatic carbocycles. The first kappa shape index (κ1) is 12.0. The molecule has 2 saturated heterocycles. The molecule has 2 aliphatic heterocycles. The Morgan fingerprint density at radius 3 is 2.57 bits per heavy atom. The Balaban J connectivity index is 0.000000461. The summed E-state index contributed by atoms with van der Waals surface area (Å²) in [6.07, 6.45) is 5.65. The quantitative estimate of drug-likeness (QED) is 0.644. The molecule has 2 fully saturated rings. The maximum Gasteiger partial charge on any atom is 0.0837 e. The third-order valence-corrected chi connectivity index (χ3v) is 3.20. The van der Waals surface area contributed by atoms with Crippen molar-refractivity contribution in [1.82, 2.24) is 4.90 Å². The molecule has 1 spiro atoms. The lowest BCUT2D eigenvalue weighted by molar-refractivity contribution is -0.226. The number of nitrogens with zero attached hydrogens (tertiary/aromatic N) is 1. The van der Waals surface area contributed by atoms with Crippen LogP contribution >= 0.6 is 0 Å². The summed E-state index contributed by atoms with van der Waals surface area (Å²) in [6, 6.07) is 0. The maximum atomic E-state index is 5.95. The molecule has 0 aromatic rings. The van der Waals surface area contributed by atoms with Crippen molar-refractivity contribution in [1.29, 1.82) is 0 Å². The maximum absolute atomic E-state index is 5.95. The number of hydrogen-bond acceptors (Lipinski definition) is 2. The topological polar surface area (TPSA) is 12.5 Å². The van der Waals surface area contributed by atoms with Gasteiger partial charge in [-0.05, 0) is 32.9 Å². The van der Waals surface area contributed by atoms with Crippen LogP contribution in [-0.2, 0) is 4.74 Å². The summed E-state index contributed by atoms with van der Waals surface area (Å²) in [6.45, 7) is 8.62. The van der Waals surface area contributed by atoms with E-state index in [0.29, 0.717) is 6.10 Å². The molecule has 0 saturated carbocycles. The van der Waals surface area contributed by atoms with Gasteiger partial charge in [-0.1, -0.05) is 20.8 Å². The van der Waals surface area contributed by atoms with Gasteiger partial charge < -0.3 is 9.64 Å². The SMILES string of the molecule is CC.CCC1CC2(CCCN(C)C2)O1. The number of ether oxygens (including phenoxy) is 1. The van der Waals surface area contributed by atoms with Crippen LogP contribution in [0.2, 0.25) is 0 Å². The molecule has 14 heavy (non-hydrogen) atoms. The van der Waals surface area contributed by atoms with E-state index in [2.05, 4.69) is 18.9 Å². The Bertz CT molecular complexity index is 164. The molecule has 84 valence electrons. The molecular weight excluding hydrogens is 174 g/mol. The van der Waals surface area contributed by atoms with E-state index in [0.717, 1.165) is 6.54 Å². The van der Waals surface area contributed by atoms with Crippen LogP contribution in [0.1, 0.15) is 46.5 Å². The van der Waals surface area contributed by atoms with E-state index in [1.165, 1.54) is 32.2 Å². The van der Waals surface area contributed by atoms with E-state index in [1.807, 2.05) is 13.8 Å². The van der Waals surface area contributed by atoms with Crippen LogP contribution in [0, 0.1) is 0 Å². The minimum Gasteiger partial charge on any atom is -0.370 e. The first-order valence-electron chi connectivity index (χ1n) is 6.10. The van der Waals surface area contributed by atoms with E-state index in [1.54, 1.807) is 0 Å². The zero-order chi connectivity index (χ0) is 10.6. The summed E-state index contributed by atoms with van der Waals surface area (Å²) in [4.78, 5) is 2.40. The molecule has 2 heteroatoms. The van der Waals surface area contributed by atoms with E-state index in [-0.39, 0.29) is 5.60 Å². The number of likely N-dealkylation sites (N-methyl/N-ethyl adjacent to an activating group) is 1. The van der Waals surface area contributed by atoms with Crippen molar-refractivity contribution < 1.29 is 4.74 Å². The first-order valence-corrected chi connectivity index (χ1v) is 6.10. The van der Waals surface area contributed by atoms with Gasteiger partial charge in [0.1, 0.15) is 0 Å². The van der Waals surface area contributed by atoms with E-state index in [9.17, 15) is 0 Å². The highest BCUT2D eigenvalue weighted by Crippen LogP contribution is 2.40. The van der Waals surface area contributed by atoms with Crippen molar-refractivity contribution in [3.05, 3.63) is 0 Å². The minimum atomic E-state index is 0.272. The third-order valence-electron chi connectivity index (χ3n) is 3.20. The molecule has 0 amide bonds. The number of hydrogen-bond donors (Lipinski definition) is 0. The highest BCUT2D eigenvalue weighted by molar-refractivity contribution is 4.97. The lowest BCUT2D eigenvalue weighted by Gasteiger charge is -2.52. The van der Waals surface area contributed by atoms with Gasteiger partial charge in [-0.15, -0.1) is 0 Å². The zero-order valence-electron chi connectivity index (χ0n) is 10.2. The Kier molecular flexibility index (Phi) is 4.39. The van der Waals surface area contributed by atoms with Gasteiger partial charge in [0.15, 0.2) is 0 Å². The van der Waals surface area contributed by atoms with Gasteiger partial charge in [0.25, 0.3) is 0 Å². The lowest BCUT2D eigenvalue weighted by atomic mass is 9.81. The van der Waals surface area contributed by atoms with Crippen LogP contribution in [0.15, 0.2) is 0 Å². The second kappa shape index (κ2) is 5.13. The molecule has 0 radical (unpaired) electrons. The molecule has 2 aliphatic rings. The van der Waals surface area contributed by atoms with Gasteiger partial charge >= 0.3 is 0 Å². The molecule has 2 nitrogen and oxygen atoms in total. The second-order valence-electron chi connectivity index (χ2n) is 4.38. The fraction of sp³-hybridized carbons (Fsp3) is 1.00. The largest absolute Gasteiger partial charge is 0.370 e. The minimum absolute atomic E-state index is 0.272. The van der Waals surface area contributed by atoms with Crippen LogP contribution in [0.25, 0.3) is 0 Å². The molecular formula is C12H25NO. The van der Waals surface area contributed by atoms with Crippen LogP contribution in [0.5, 0.6) is 0 Å². The van der Waals surface area contributed by atoms with Crippen LogP contribution in [0.3, 0.4) is 0 Å². The number of likely N-dealkylation sites (tertiary alicyclic amines) is 1. The molecule has 0 N–H and O–H groups in total. The van der Waals surface area contributed by atoms with Crippen molar-refractivity contribution in [3.8, 4) is 0 Å². The Labute approximate surface area is 88.6 Å². The predicted octanol–water partition coefficient (Wildman–Crippen LogP) is 2.68. The van der Waals surface area contributed by atoms with E-state index in [4.69, 9.17) is 4.74 Å². The summed E-state index contributed by atoms with van der Waals surface area (Å²) in [5.74, 6) is 0. The Morgan fingerprint density at radius 1 is 1.43 bits per heavy atom. The summed E-state index contributed by atoms with van der Waals surface area (Å²) in [7, 11) is 2.20. The van der Waals surface area contributed by atoms with E-state index >= 15 is 0 Å². The Morgan fingerprint density at radius 2 is 2.07 bits per heavy atom. The van der Waals surface area contributed by atoms with Crippen LogP contribution < -0.4 is 0 Å². The van der Waals surface area contributed by atoms with Gasteiger partial charge in [0, 0.05) is 13.0 Å². The normalized spacial score (nSPS) is 37.3. The van der Waals surface area contributed by atoms with Gasteiger partial charge in [0.05, 0.1) is 11.7 Å². The highest BCUT2D eigenvalue weighted by Gasteiger charge is 2.46. The lowest BCUT2D eigenvalue weighted by Crippen LogP contribution is -2.58. The third kappa shape index (κ3) is 2.48. The average molecular weight is 199 g/mol. The fourth-order valence-corrected chi connectivity index (χ4v) is 2.57. The van der Waals surface area contributed by atoms with Gasteiger partial charge in [-0.25, -0.2) is 0 Å². The van der Waals surface area contributed by atoms with Gasteiger partial charge in [-0.2, -0.15) is 0 Å². The Hall–Kier alpha value is -0.0800.